The van der Waals surface area contributed by atoms with Crippen molar-refractivity contribution >= 4 is 22.5 Å². The molecule has 1 aromatic heterocycles. The summed E-state index contributed by atoms with van der Waals surface area (Å²) >= 11 is 6.06. The number of hydrogen-bond donors (Lipinski definition) is 0. The summed E-state index contributed by atoms with van der Waals surface area (Å²) in [5.41, 5.74) is 3.97. The van der Waals surface area contributed by atoms with Gasteiger partial charge in [0, 0.05) is 23.5 Å². The molecule has 0 N–H and O–H groups in total. The fourth-order valence-electron chi connectivity index (χ4n) is 2.47. The fraction of sp³-hybridized carbons (Fsp3) is 0.118. The van der Waals surface area contributed by atoms with Crippen LogP contribution >= 0.6 is 11.6 Å². The minimum atomic E-state index is -0.0173. The Kier molecular flexibility index (Phi) is 3.11. The highest BCUT2D eigenvalue weighted by molar-refractivity contribution is 6.30. The van der Waals surface area contributed by atoms with Crippen molar-refractivity contribution in [1.29, 1.82) is 0 Å². The highest BCUT2D eigenvalue weighted by Gasteiger charge is 2.09. The van der Waals surface area contributed by atoms with Crippen molar-refractivity contribution in [2.24, 2.45) is 7.05 Å². The second kappa shape index (κ2) is 4.80. The number of halogens is 1. The largest absolute Gasteiger partial charge is 0.311 e. The van der Waals surface area contributed by atoms with Crippen molar-refractivity contribution < 1.29 is 0 Å². The number of benzene rings is 2. The Hall–Kier alpha value is -2.06. The van der Waals surface area contributed by atoms with E-state index in [0.717, 1.165) is 22.0 Å². The summed E-state index contributed by atoms with van der Waals surface area (Å²) in [5, 5.41) is 1.73. The average Bonchev–Trinajstić information content (AvgIpc) is 2.42. The third kappa shape index (κ3) is 2.12. The zero-order chi connectivity index (χ0) is 14.3. The van der Waals surface area contributed by atoms with Crippen LogP contribution in [-0.4, -0.2) is 4.57 Å². The molecule has 3 heteroatoms. The molecule has 0 saturated heterocycles. The Morgan fingerprint density at radius 3 is 2.60 bits per heavy atom. The van der Waals surface area contributed by atoms with Gasteiger partial charge in [-0.15, -0.1) is 0 Å². The lowest BCUT2D eigenvalue weighted by Crippen LogP contribution is -2.16. The van der Waals surface area contributed by atoms with Gasteiger partial charge in [-0.2, -0.15) is 0 Å². The predicted octanol–water partition coefficient (Wildman–Crippen LogP) is 4.17. The normalized spacial score (nSPS) is 10.9. The van der Waals surface area contributed by atoms with Crippen molar-refractivity contribution in [1.82, 2.24) is 4.57 Å². The number of pyridine rings is 1. The third-order valence-electron chi connectivity index (χ3n) is 3.54. The Bertz CT molecular complexity index is 864. The van der Waals surface area contributed by atoms with E-state index in [4.69, 9.17) is 11.6 Å². The quantitative estimate of drug-likeness (QED) is 0.657. The lowest BCUT2D eigenvalue weighted by atomic mass is 10.00. The molecule has 3 aromatic rings. The molecule has 0 fully saturated rings. The molecule has 0 atom stereocenters. The van der Waals surface area contributed by atoms with E-state index in [1.165, 1.54) is 5.56 Å². The first-order chi connectivity index (χ1) is 9.56. The van der Waals surface area contributed by atoms with E-state index < -0.39 is 0 Å². The summed E-state index contributed by atoms with van der Waals surface area (Å²) < 4.78 is 1.67. The first kappa shape index (κ1) is 12.9. The number of nitrogens with zero attached hydrogens (tertiary/aromatic N) is 1. The summed E-state index contributed by atoms with van der Waals surface area (Å²) in [6.07, 6.45) is 0. The zero-order valence-electron chi connectivity index (χ0n) is 11.4. The minimum absolute atomic E-state index is 0.0173. The van der Waals surface area contributed by atoms with Crippen LogP contribution in [-0.2, 0) is 7.05 Å². The maximum atomic E-state index is 12.1. The lowest BCUT2D eigenvalue weighted by Gasteiger charge is -2.11. The maximum absolute atomic E-state index is 12.1. The van der Waals surface area contributed by atoms with E-state index in [2.05, 4.69) is 6.07 Å². The molecule has 0 unspecified atom stereocenters. The van der Waals surface area contributed by atoms with Crippen molar-refractivity contribution in [3.8, 4) is 11.1 Å². The molecular formula is C17H14ClNO. The van der Waals surface area contributed by atoms with Gasteiger partial charge in [-0.25, -0.2) is 0 Å². The topological polar surface area (TPSA) is 22.0 Å². The van der Waals surface area contributed by atoms with Crippen molar-refractivity contribution in [3.63, 3.8) is 0 Å². The van der Waals surface area contributed by atoms with Crippen LogP contribution in [0, 0.1) is 6.92 Å². The highest BCUT2D eigenvalue weighted by atomic mass is 35.5. The van der Waals surface area contributed by atoms with Gasteiger partial charge in [-0.3, -0.25) is 4.79 Å². The van der Waals surface area contributed by atoms with Crippen LogP contribution in [0.25, 0.3) is 22.0 Å². The molecule has 0 bridgehead atoms. The number of fused-ring (bicyclic) bond motifs is 1. The molecule has 100 valence electrons. The van der Waals surface area contributed by atoms with Gasteiger partial charge in [0.2, 0.25) is 0 Å². The van der Waals surface area contributed by atoms with E-state index >= 15 is 0 Å². The van der Waals surface area contributed by atoms with E-state index in [1.54, 1.807) is 17.7 Å². The second-order valence-corrected chi connectivity index (χ2v) is 5.42. The van der Waals surface area contributed by atoms with Crippen LogP contribution in [0.3, 0.4) is 0 Å². The number of aromatic nitrogens is 1. The minimum Gasteiger partial charge on any atom is -0.311 e. The van der Waals surface area contributed by atoms with Crippen LogP contribution in [0.15, 0.2) is 53.3 Å². The lowest BCUT2D eigenvalue weighted by molar-refractivity contribution is 0.906. The Balaban J connectivity index is 2.44. The smallest absolute Gasteiger partial charge is 0.251 e. The molecule has 0 amide bonds. The van der Waals surface area contributed by atoms with Crippen molar-refractivity contribution in [2.45, 2.75) is 6.92 Å². The SMILES string of the molecule is Cc1ccc2c(c1)c(-c1cccc(Cl)c1)cc(=O)n2C. The summed E-state index contributed by atoms with van der Waals surface area (Å²) in [4.78, 5) is 12.1. The molecule has 0 aliphatic rings. The second-order valence-electron chi connectivity index (χ2n) is 4.99. The maximum Gasteiger partial charge on any atom is 0.251 e. The molecule has 0 radical (unpaired) electrons. The Morgan fingerprint density at radius 2 is 1.85 bits per heavy atom. The Morgan fingerprint density at radius 1 is 1.05 bits per heavy atom. The first-order valence-corrected chi connectivity index (χ1v) is 6.80. The molecule has 0 saturated carbocycles. The number of hydrogen-bond acceptors (Lipinski definition) is 1. The first-order valence-electron chi connectivity index (χ1n) is 6.42. The van der Waals surface area contributed by atoms with Crippen LogP contribution in [0.5, 0.6) is 0 Å². The van der Waals surface area contributed by atoms with Crippen LogP contribution < -0.4 is 5.56 Å². The van der Waals surface area contributed by atoms with Gasteiger partial charge in [0.25, 0.3) is 5.56 Å². The van der Waals surface area contributed by atoms with E-state index in [1.807, 2.05) is 43.3 Å². The molecule has 2 aromatic carbocycles. The van der Waals surface area contributed by atoms with Gasteiger partial charge in [-0.1, -0.05) is 35.4 Å². The van der Waals surface area contributed by atoms with Crippen molar-refractivity contribution in [2.75, 3.05) is 0 Å². The van der Waals surface area contributed by atoms with Gasteiger partial charge in [0.15, 0.2) is 0 Å². The summed E-state index contributed by atoms with van der Waals surface area (Å²) in [6.45, 7) is 2.05. The van der Waals surface area contributed by atoms with Gasteiger partial charge < -0.3 is 4.57 Å². The van der Waals surface area contributed by atoms with Gasteiger partial charge in [0.1, 0.15) is 0 Å². The average molecular weight is 284 g/mol. The molecular weight excluding hydrogens is 270 g/mol. The molecule has 1 heterocycles. The zero-order valence-corrected chi connectivity index (χ0v) is 12.1. The highest BCUT2D eigenvalue weighted by Crippen LogP contribution is 2.29. The van der Waals surface area contributed by atoms with Crippen molar-refractivity contribution in [3.05, 3.63) is 69.5 Å². The van der Waals surface area contributed by atoms with E-state index in [-0.39, 0.29) is 5.56 Å². The standard InChI is InChI=1S/C17H14ClNO/c1-11-6-7-16-15(8-11)14(10-17(20)19(16)2)12-4-3-5-13(18)9-12/h3-10H,1-2H3. The monoisotopic (exact) mass is 283 g/mol. The molecule has 0 aliphatic heterocycles. The predicted molar refractivity (Wildman–Crippen MR) is 84.4 cm³/mol. The molecule has 2 nitrogen and oxygen atoms in total. The molecule has 3 rings (SSSR count). The summed E-state index contributed by atoms with van der Waals surface area (Å²) in [5.74, 6) is 0. The molecule has 0 aliphatic carbocycles. The number of aryl methyl sites for hydroxylation is 2. The van der Waals surface area contributed by atoms with Crippen LogP contribution in [0.2, 0.25) is 5.02 Å². The Labute approximate surface area is 122 Å². The van der Waals surface area contributed by atoms with Gasteiger partial charge >= 0.3 is 0 Å². The van der Waals surface area contributed by atoms with Crippen LogP contribution in [0.4, 0.5) is 0 Å². The van der Waals surface area contributed by atoms with Gasteiger partial charge in [0.05, 0.1) is 5.52 Å². The molecule has 0 spiro atoms. The van der Waals surface area contributed by atoms with Gasteiger partial charge in [-0.05, 0) is 42.3 Å². The van der Waals surface area contributed by atoms with Crippen LogP contribution in [0.1, 0.15) is 5.56 Å². The molecule has 20 heavy (non-hydrogen) atoms. The fourth-order valence-corrected chi connectivity index (χ4v) is 2.66. The summed E-state index contributed by atoms with van der Waals surface area (Å²) in [7, 11) is 1.79. The summed E-state index contributed by atoms with van der Waals surface area (Å²) in [6, 6.07) is 15.4. The van der Waals surface area contributed by atoms with E-state index in [0.29, 0.717) is 5.02 Å². The van der Waals surface area contributed by atoms with E-state index in [9.17, 15) is 4.79 Å². The number of rotatable bonds is 1. The third-order valence-corrected chi connectivity index (χ3v) is 3.77.